The summed E-state index contributed by atoms with van der Waals surface area (Å²) in [6.45, 7) is 1.87. The molecule has 3 N–H and O–H groups in total. The Hall–Kier alpha value is -2.22. The van der Waals surface area contributed by atoms with E-state index in [0.29, 0.717) is 17.3 Å². The van der Waals surface area contributed by atoms with Crippen LogP contribution in [0.4, 0.5) is 8.78 Å². The van der Waals surface area contributed by atoms with Gasteiger partial charge in [-0.1, -0.05) is 17.8 Å². The lowest BCUT2D eigenvalue weighted by Gasteiger charge is -2.37. The predicted octanol–water partition coefficient (Wildman–Crippen LogP) is 2.57. The molecular formula is C17H18F2N4OS. The number of amidine groups is 1. The highest BCUT2D eigenvalue weighted by molar-refractivity contribution is 8.13. The Kier molecular flexibility index (Phi) is 4.89. The highest BCUT2D eigenvalue weighted by Crippen LogP contribution is 2.38. The molecule has 0 fully saturated rings. The third-order valence-electron chi connectivity index (χ3n) is 4.32. The Morgan fingerprint density at radius 1 is 1.48 bits per heavy atom. The first-order chi connectivity index (χ1) is 11.9. The second-order valence-electron chi connectivity index (χ2n) is 6.17. The van der Waals surface area contributed by atoms with Gasteiger partial charge in [-0.2, -0.15) is 0 Å². The fourth-order valence-electron chi connectivity index (χ4n) is 2.91. The Morgan fingerprint density at radius 3 is 2.96 bits per heavy atom. The number of pyridine rings is 1. The minimum Gasteiger partial charge on any atom is -0.379 e. The van der Waals surface area contributed by atoms with E-state index in [1.165, 1.54) is 30.0 Å². The van der Waals surface area contributed by atoms with Crippen LogP contribution in [0.15, 0.2) is 47.2 Å². The number of allylic oxidation sites excluding steroid dienone is 2. The van der Waals surface area contributed by atoms with Gasteiger partial charge in [0.2, 0.25) is 0 Å². The average Bonchev–Trinajstić information content (AvgIpc) is 2.57. The van der Waals surface area contributed by atoms with Gasteiger partial charge in [0, 0.05) is 17.4 Å². The molecule has 1 aromatic heterocycles. The minimum atomic E-state index is -1.21. The summed E-state index contributed by atoms with van der Waals surface area (Å²) in [5.41, 5.74) is 5.69. The second kappa shape index (κ2) is 6.95. The van der Waals surface area contributed by atoms with Gasteiger partial charge in [0.15, 0.2) is 5.17 Å². The molecular weight excluding hydrogens is 346 g/mol. The van der Waals surface area contributed by atoms with Crippen molar-refractivity contribution in [1.82, 2.24) is 10.3 Å². The summed E-state index contributed by atoms with van der Waals surface area (Å²) in [5.74, 6) is -0.770. The maximum absolute atomic E-state index is 14.5. The number of nitrogens with zero attached hydrogens (tertiary/aromatic N) is 2. The Balaban J connectivity index is 1.80. The van der Waals surface area contributed by atoms with E-state index >= 15 is 0 Å². The number of aromatic nitrogens is 1. The highest BCUT2D eigenvalue weighted by atomic mass is 32.2. The second-order valence-corrected chi connectivity index (χ2v) is 7.29. The van der Waals surface area contributed by atoms with Gasteiger partial charge < -0.3 is 11.1 Å². The van der Waals surface area contributed by atoms with Gasteiger partial charge in [0.25, 0.3) is 5.91 Å². The van der Waals surface area contributed by atoms with Gasteiger partial charge in [0.05, 0.1) is 11.7 Å². The van der Waals surface area contributed by atoms with Crippen molar-refractivity contribution in [3.05, 3.63) is 53.8 Å². The number of carbonyl (C=O) groups excluding carboxylic acids is 1. The lowest BCUT2D eigenvalue weighted by atomic mass is 9.78. The normalized spacial score (nSPS) is 28.9. The minimum absolute atomic E-state index is 0.0807. The van der Waals surface area contributed by atoms with Gasteiger partial charge in [-0.25, -0.2) is 13.8 Å². The summed E-state index contributed by atoms with van der Waals surface area (Å²) in [6.07, 6.45) is 5.02. The molecule has 132 valence electrons. The molecule has 1 aliphatic carbocycles. The van der Waals surface area contributed by atoms with Crippen molar-refractivity contribution in [2.75, 3.05) is 5.75 Å². The molecule has 2 aliphatic rings. The number of alkyl halides is 1. The number of nitrogens with two attached hydrogens (primary N) is 1. The molecule has 0 aromatic carbocycles. The average molecular weight is 364 g/mol. The molecule has 1 aliphatic heterocycles. The number of rotatable bonds is 3. The molecule has 25 heavy (non-hydrogen) atoms. The first-order valence-corrected chi connectivity index (χ1v) is 8.81. The highest BCUT2D eigenvalue weighted by Gasteiger charge is 2.40. The third kappa shape index (κ3) is 3.89. The zero-order valence-corrected chi connectivity index (χ0v) is 14.4. The maximum Gasteiger partial charge on any atom is 0.274 e. The number of carbonyl (C=O) groups is 1. The molecule has 1 aromatic rings. The van der Waals surface area contributed by atoms with Crippen LogP contribution >= 0.6 is 11.8 Å². The van der Waals surface area contributed by atoms with Crippen LogP contribution in [0, 0.1) is 11.7 Å². The van der Waals surface area contributed by atoms with E-state index in [-0.39, 0.29) is 5.69 Å². The molecule has 8 heteroatoms. The number of hydrogen-bond donors (Lipinski definition) is 2. The summed E-state index contributed by atoms with van der Waals surface area (Å²) in [4.78, 5) is 20.4. The lowest BCUT2D eigenvalue weighted by molar-refractivity contribution is 0.0960. The Labute approximate surface area is 148 Å². The number of hydrogen-bond acceptors (Lipinski definition) is 5. The number of nitrogens with one attached hydrogen (secondary N) is 1. The van der Waals surface area contributed by atoms with E-state index in [1.54, 1.807) is 6.08 Å². The van der Waals surface area contributed by atoms with Crippen LogP contribution in [0.25, 0.3) is 0 Å². The van der Waals surface area contributed by atoms with E-state index in [0.717, 1.165) is 18.0 Å². The third-order valence-corrected chi connectivity index (χ3v) is 5.12. The van der Waals surface area contributed by atoms with E-state index < -0.39 is 29.4 Å². The van der Waals surface area contributed by atoms with Crippen molar-refractivity contribution >= 4 is 22.8 Å². The summed E-state index contributed by atoms with van der Waals surface area (Å²) in [7, 11) is 0. The molecule has 3 rings (SSSR count). The number of halogens is 2. The molecule has 2 unspecified atom stereocenters. The quantitative estimate of drug-likeness (QED) is 0.864. The lowest BCUT2D eigenvalue weighted by Crippen LogP contribution is -2.43. The topological polar surface area (TPSA) is 80.4 Å². The summed E-state index contributed by atoms with van der Waals surface area (Å²) < 4.78 is 27.4. The molecule has 0 spiro atoms. The first-order valence-electron chi connectivity index (χ1n) is 7.82. The van der Waals surface area contributed by atoms with Crippen LogP contribution in [0.5, 0.6) is 0 Å². The van der Waals surface area contributed by atoms with Gasteiger partial charge >= 0.3 is 0 Å². The fourth-order valence-corrected chi connectivity index (χ4v) is 3.91. The number of thioether (sulfide) groups is 1. The molecule has 0 bridgehead atoms. The number of aliphatic imine (C=N–C) groups is 1. The van der Waals surface area contributed by atoms with Crippen molar-refractivity contribution in [2.45, 2.75) is 25.1 Å². The molecule has 0 saturated carbocycles. The fraction of sp³-hybridized carbons (Fsp3) is 0.353. The van der Waals surface area contributed by atoms with E-state index in [9.17, 15) is 13.6 Å². The van der Waals surface area contributed by atoms with E-state index in [1.807, 2.05) is 6.92 Å². The van der Waals surface area contributed by atoms with Crippen LogP contribution in [-0.2, 0) is 0 Å². The standard InChI is InChI=1S/C17H18F2N4OS/c1-17(6-7-25-16(20)23-17)12-8-11(3-4-13(12)19)22-15(24)14-5-2-10(18)9-21-14/h2-5,8-9,12-13H,6-7H2,1H3,(H2,20,23)(H,22,24)/t12?,13?,17-/m0/s1. The summed E-state index contributed by atoms with van der Waals surface area (Å²) in [6, 6.07) is 2.45. The zero-order chi connectivity index (χ0) is 18.0. The maximum atomic E-state index is 14.5. The molecule has 1 amide bonds. The monoisotopic (exact) mass is 364 g/mol. The van der Waals surface area contributed by atoms with Crippen LogP contribution in [0.3, 0.4) is 0 Å². The van der Waals surface area contributed by atoms with Crippen LogP contribution in [0.1, 0.15) is 23.8 Å². The molecule has 0 saturated heterocycles. The van der Waals surface area contributed by atoms with Crippen LogP contribution < -0.4 is 11.1 Å². The van der Waals surface area contributed by atoms with Gasteiger partial charge in [0.1, 0.15) is 17.7 Å². The van der Waals surface area contributed by atoms with Crippen molar-refractivity contribution in [3.63, 3.8) is 0 Å². The van der Waals surface area contributed by atoms with Gasteiger partial charge in [-0.15, -0.1) is 0 Å². The molecule has 2 heterocycles. The SMILES string of the molecule is C[C@@]1(C2C=C(NC(=O)c3ccc(F)cn3)C=CC2F)CCSC(N)=N1. The summed E-state index contributed by atoms with van der Waals surface area (Å²) in [5, 5.41) is 3.12. The first kappa shape index (κ1) is 17.6. The Bertz CT molecular complexity index is 762. The van der Waals surface area contributed by atoms with E-state index in [2.05, 4.69) is 15.3 Å². The smallest absolute Gasteiger partial charge is 0.274 e. The molecule has 3 atom stereocenters. The van der Waals surface area contributed by atoms with Crippen molar-refractivity contribution < 1.29 is 13.6 Å². The van der Waals surface area contributed by atoms with Crippen LogP contribution in [-0.4, -0.2) is 33.5 Å². The Morgan fingerprint density at radius 2 is 2.28 bits per heavy atom. The molecule has 5 nitrogen and oxygen atoms in total. The predicted molar refractivity (Wildman–Crippen MR) is 94.4 cm³/mol. The van der Waals surface area contributed by atoms with Gasteiger partial charge in [-0.05, 0) is 37.6 Å². The van der Waals surface area contributed by atoms with Crippen molar-refractivity contribution in [3.8, 4) is 0 Å². The largest absolute Gasteiger partial charge is 0.379 e. The summed E-state index contributed by atoms with van der Waals surface area (Å²) >= 11 is 1.45. The van der Waals surface area contributed by atoms with Crippen LogP contribution in [0.2, 0.25) is 0 Å². The van der Waals surface area contributed by atoms with Crippen molar-refractivity contribution in [1.29, 1.82) is 0 Å². The van der Waals surface area contributed by atoms with E-state index in [4.69, 9.17) is 5.73 Å². The van der Waals surface area contributed by atoms with Gasteiger partial charge in [-0.3, -0.25) is 9.79 Å². The zero-order valence-electron chi connectivity index (χ0n) is 13.6. The number of amides is 1. The molecule has 0 radical (unpaired) electrons. The van der Waals surface area contributed by atoms with Crippen molar-refractivity contribution in [2.24, 2.45) is 16.6 Å².